The Morgan fingerprint density at radius 3 is 1.77 bits per heavy atom. The minimum absolute atomic E-state index is 0.497. The summed E-state index contributed by atoms with van der Waals surface area (Å²) in [7, 11) is 0. The molecule has 2 heteroatoms. The zero-order valence-corrected chi connectivity index (χ0v) is 20.5. The first kappa shape index (κ1) is 25.6. The maximum absolute atomic E-state index is 4.53. The third kappa shape index (κ3) is 10.4. The Bertz CT molecular complexity index is 675. The lowest BCUT2D eigenvalue weighted by atomic mass is 9.98. The molecule has 0 aliphatic heterocycles. The van der Waals surface area contributed by atoms with Gasteiger partial charge in [0.05, 0.1) is 11.4 Å². The largest absolute Gasteiger partial charge is 0.155 e. The molecule has 0 amide bonds. The van der Waals surface area contributed by atoms with Crippen LogP contribution < -0.4 is 0 Å². The summed E-state index contributed by atoms with van der Waals surface area (Å²) in [6, 6.07) is 13.3. The van der Waals surface area contributed by atoms with Crippen LogP contribution in [-0.2, 0) is 6.42 Å². The van der Waals surface area contributed by atoms with E-state index >= 15 is 0 Å². The number of nitrogens with zero attached hydrogens (tertiary/aromatic N) is 2. The van der Waals surface area contributed by atoms with Crippen LogP contribution in [0.4, 0.5) is 0 Å². The second kappa shape index (κ2) is 16.0. The molecule has 0 saturated heterocycles. The monoisotopic (exact) mass is 422 g/mol. The van der Waals surface area contributed by atoms with Crippen molar-refractivity contribution in [2.24, 2.45) is 0 Å². The van der Waals surface area contributed by atoms with Crippen molar-refractivity contribution in [3.63, 3.8) is 0 Å². The van der Waals surface area contributed by atoms with Gasteiger partial charge >= 0.3 is 0 Å². The normalized spacial score (nSPS) is 12.2. The molecule has 1 unspecified atom stereocenters. The Hall–Kier alpha value is -1.70. The van der Waals surface area contributed by atoms with Gasteiger partial charge < -0.3 is 0 Å². The molecule has 31 heavy (non-hydrogen) atoms. The molecule has 1 heterocycles. The van der Waals surface area contributed by atoms with Gasteiger partial charge in [0, 0.05) is 11.5 Å². The van der Waals surface area contributed by atoms with E-state index in [1.807, 2.05) is 0 Å². The SMILES string of the molecule is CCCCCCCCCCCc1ccc(-c2ccc(C(C)CCCCCC)nn2)cc1. The second-order valence-electron chi connectivity index (χ2n) is 9.37. The Kier molecular flexibility index (Phi) is 13.2. The predicted octanol–water partition coefficient (Wildman–Crippen LogP) is 9.29. The van der Waals surface area contributed by atoms with E-state index in [2.05, 4.69) is 67.4 Å². The fourth-order valence-corrected chi connectivity index (χ4v) is 4.27. The number of aromatic nitrogens is 2. The summed E-state index contributed by atoms with van der Waals surface area (Å²) < 4.78 is 0. The van der Waals surface area contributed by atoms with E-state index in [9.17, 15) is 0 Å². The van der Waals surface area contributed by atoms with Gasteiger partial charge in [-0.2, -0.15) is 10.2 Å². The average molecular weight is 423 g/mol. The van der Waals surface area contributed by atoms with Crippen molar-refractivity contribution in [1.29, 1.82) is 0 Å². The average Bonchev–Trinajstić information content (AvgIpc) is 2.81. The van der Waals surface area contributed by atoms with Gasteiger partial charge in [-0.1, -0.05) is 122 Å². The van der Waals surface area contributed by atoms with E-state index < -0.39 is 0 Å². The Balaban J connectivity index is 1.69. The lowest BCUT2D eigenvalue weighted by molar-refractivity contribution is 0.565. The molecule has 1 aromatic heterocycles. The van der Waals surface area contributed by atoms with Crippen molar-refractivity contribution in [1.82, 2.24) is 10.2 Å². The standard InChI is InChI=1S/C29H46N2/c1-4-6-8-10-11-12-13-14-16-18-26-19-21-27(22-20-26)29-24-23-28(30-31-29)25(3)17-15-9-7-5-2/h19-25H,4-18H2,1-3H3. The summed E-state index contributed by atoms with van der Waals surface area (Å²) in [5.41, 5.74) is 4.72. The molecular weight excluding hydrogens is 376 g/mol. The van der Waals surface area contributed by atoms with Crippen molar-refractivity contribution in [2.45, 2.75) is 123 Å². The van der Waals surface area contributed by atoms with Crippen LogP contribution in [0, 0.1) is 0 Å². The zero-order chi connectivity index (χ0) is 22.2. The maximum Gasteiger partial charge on any atom is 0.0929 e. The first-order valence-electron chi connectivity index (χ1n) is 13.2. The smallest absolute Gasteiger partial charge is 0.0929 e. The van der Waals surface area contributed by atoms with Gasteiger partial charge in [-0.05, 0) is 37.0 Å². The number of aryl methyl sites for hydroxylation is 1. The summed E-state index contributed by atoms with van der Waals surface area (Å²) in [6.45, 7) is 6.82. The predicted molar refractivity (Wildman–Crippen MR) is 136 cm³/mol. The first-order valence-corrected chi connectivity index (χ1v) is 13.2. The Morgan fingerprint density at radius 1 is 0.613 bits per heavy atom. The van der Waals surface area contributed by atoms with Crippen molar-refractivity contribution >= 4 is 0 Å². The molecule has 0 aliphatic rings. The van der Waals surface area contributed by atoms with E-state index in [0.717, 1.165) is 11.4 Å². The lowest BCUT2D eigenvalue weighted by Crippen LogP contribution is -2.00. The van der Waals surface area contributed by atoms with Gasteiger partial charge in [-0.25, -0.2) is 0 Å². The molecule has 2 aromatic rings. The van der Waals surface area contributed by atoms with Gasteiger partial charge in [0.2, 0.25) is 0 Å². The summed E-state index contributed by atoms with van der Waals surface area (Å²) in [4.78, 5) is 0. The van der Waals surface area contributed by atoms with E-state index in [4.69, 9.17) is 0 Å². The van der Waals surface area contributed by atoms with Crippen molar-refractivity contribution in [3.8, 4) is 11.3 Å². The third-order valence-electron chi connectivity index (χ3n) is 6.50. The molecule has 0 N–H and O–H groups in total. The molecular formula is C29H46N2. The molecule has 0 radical (unpaired) electrons. The molecule has 0 spiro atoms. The Morgan fingerprint density at radius 2 is 1.19 bits per heavy atom. The van der Waals surface area contributed by atoms with Crippen molar-refractivity contribution < 1.29 is 0 Å². The van der Waals surface area contributed by atoms with Crippen LogP contribution >= 0.6 is 0 Å². The van der Waals surface area contributed by atoms with Crippen molar-refractivity contribution in [3.05, 3.63) is 47.7 Å². The molecule has 2 rings (SSSR count). The maximum atomic E-state index is 4.53. The minimum atomic E-state index is 0.497. The number of benzene rings is 1. The van der Waals surface area contributed by atoms with E-state index in [-0.39, 0.29) is 0 Å². The second-order valence-corrected chi connectivity index (χ2v) is 9.37. The molecule has 0 bridgehead atoms. The highest BCUT2D eigenvalue weighted by Gasteiger charge is 2.08. The minimum Gasteiger partial charge on any atom is -0.155 e. The fourth-order valence-electron chi connectivity index (χ4n) is 4.27. The van der Waals surface area contributed by atoms with Gasteiger partial charge in [0.15, 0.2) is 0 Å². The lowest BCUT2D eigenvalue weighted by Gasteiger charge is -2.10. The fraction of sp³-hybridized carbons (Fsp3) is 0.655. The number of hydrogen-bond acceptors (Lipinski definition) is 2. The highest BCUT2D eigenvalue weighted by Crippen LogP contribution is 2.23. The quantitative estimate of drug-likeness (QED) is 0.237. The van der Waals surface area contributed by atoms with Crippen LogP contribution in [0.25, 0.3) is 11.3 Å². The van der Waals surface area contributed by atoms with Crippen molar-refractivity contribution in [2.75, 3.05) is 0 Å². The third-order valence-corrected chi connectivity index (χ3v) is 6.50. The molecule has 0 fully saturated rings. The van der Waals surface area contributed by atoms with Crippen LogP contribution in [0.2, 0.25) is 0 Å². The van der Waals surface area contributed by atoms with Gasteiger partial charge in [-0.15, -0.1) is 0 Å². The summed E-state index contributed by atoms with van der Waals surface area (Å²) in [5.74, 6) is 0.497. The zero-order valence-electron chi connectivity index (χ0n) is 20.5. The van der Waals surface area contributed by atoms with Crippen LogP contribution in [0.5, 0.6) is 0 Å². The van der Waals surface area contributed by atoms with Gasteiger partial charge in [0.25, 0.3) is 0 Å². The molecule has 1 atom stereocenters. The number of rotatable bonds is 17. The molecule has 0 saturated carbocycles. The highest BCUT2D eigenvalue weighted by atomic mass is 15.1. The van der Waals surface area contributed by atoms with Crippen LogP contribution in [0.3, 0.4) is 0 Å². The highest BCUT2D eigenvalue weighted by molar-refractivity contribution is 5.58. The van der Waals surface area contributed by atoms with E-state index in [0.29, 0.717) is 5.92 Å². The van der Waals surface area contributed by atoms with Crippen LogP contribution in [-0.4, -0.2) is 10.2 Å². The topological polar surface area (TPSA) is 25.8 Å². The summed E-state index contributed by atoms with van der Waals surface area (Å²) >= 11 is 0. The summed E-state index contributed by atoms with van der Waals surface area (Å²) in [6.07, 6.45) is 20.1. The molecule has 1 aromatic carbocycles. The summed E-state index contributed by atoms with van der Waals surface area (Å²) in [5, 5.41) is 9.04. The van der Waals surface area contributed by atoms with Crippen LogP contribution in [0.15, 0.2) is 36.4 Å². The van der Waals surface area contributed by atoms with Gasteiger partial charge in [-0.3, -0.25) is 0 Å². The molecule has 2 nitrogen and oxygen atoms in total. The number of hydrogen-bond donors (Lipinski definition) is 0. The number of unbranched alkanes of at least 4 members (excludes halogenated alkanes) is 11. The first-order chi connectivity index (χ1) is 15.2. The van der Waals surface area contributed by atoms with E-state index in [1.165, 1.54) is 107 Å². The van der Waals surface area contributed by atoms with Gasteiger partial charge in [0.1, 0.15) is 0 Å². The molecule has 172 valence electrons. The van der Waals surface area contributed by atoms with Crippen LogP contribution in [0.1, 0.15) is 128 Å². The Labute approximate surface area is 192 Å². The molecule has 0 aliphatic carbocycles. The van der Waals surface area contributed by atoms with E-state index in [1.54, 1.807) is 0 Å².